The number of carbonyl (C=O) groups excluding carboxylic acids is 1. The molecule has 0 unspecified atom stereocenters. The van der Waals surface area contributed by atoms with Crippen LogP contribution in [-0.2, 0) is 0 Å². The normalized spacial score (nSPS) is 9.80. The molecular weight excluding hydrogens is 212 g/mol. The molecule has 0 aromatic heterocycles. The summed E-state index contributed by atoms with van der Waals surface area (Å²) in [5.41, 5.74) is 1.74. The average molecular weight is 227 g/mol. The first-order valence-corrected chi connectivity index (χ1v) is 5.32. The lowest BCUT2D eigenvalue weighted by molar-refractivity contribution is 0.252. The van der Waals surface area contributed by atoms with Crippen LogP contribution in [0.25, 0.3) is 0 Å². The van der Waals surface area contributed by atoms with Gasteiger partial charge in [0.1, 0.15) is 0 Å². The first-order chi connectivity index (χ1) is 7.13. The minimum absolute atomic E-state index is 0.178. The zero-order valence-electron chi connectivity index (χ0n) is 8.93. The fraction of sp³-hybridized carbons (Fsp3) is 0.364. The molecule has 0 bridgehead atoms. The zero-order valence-corrected chi connectivity index (χ0v) is 9.69. The second-order valence-electron chi connectivity index (χ2n) is 3.34. The van der Waals surface area contributed by atoms with E-state index in [1.54, 1.807) is 12.1 Å². The number of carbonyl (C=O) groups is 1. The van der Waals surface area contributed by atoms with Crippen LogP contribution in [0.2, 0.25) is 5.02 Å². The lowest BCUT2D eigenvalue weighted by Crippen LogP contribution is -2.29. The van der Waals surface area contributed by atoms with Crippen molar-refractivity contribution in [1.82, 2.24) is 5.32 Å². The molecule has 2 amide bonds. The summed E-state index contributed by atoms with van der Waals surface area (Å²) in [5.74, 6) is 0. The molecule has 4 heteroatoms. The van der Waals surface area contributed by atoms with Gasteiger partial charge in [0.25, 0.3) is 0 Å². The molecular formula is C11H15ClN2O. The summed E-state index contributed by atoms with van der Waals surface area (Å²) in [6.45, 7) is 4.59. The minimum atomic E-state index is -0.178. The van der Waals surface area contributed by atoms with Gasteiger partial charge >= 0.3 is 6.03 Å². The molecule has 0 aliphatic carbocycles. The number of amides is 2. The van der Waals surface area contributed by atoms with Gasteiger partial charge in [0.15, 0.2) is 0 Å². The van der Waals surface area contributed by atoms with Crippen LogP contribution in [0.1, 0.15) is 18.9 Å². The van der Waals surface area contributed by atoms with Gasteiger partial charge in [-0.1, -0.05) is 18.5 Å². The van der Waals surface area contributed by atoms with Crippen LogP contribution in [0.15, 0.2) is 18.2 Å². The Morgan fingerprint density at radius 1 is 1.47 bits per heavy atom. The number of nitrogens with one attached hydrogen (secondary N) is 2. The van der Waals surface area contributed by atoms with Crippen molar-refractivity contribution in [2.75, 3.05) is 11.9 Å². The zero-order chi connectivity index (χ0) is 11.3. The highest BCUT2D eigenvalue weighted by molar-refractivity contribution is 6.30. The van der Waals surface area contributed by atoms with Crippen molar-refractivity contribution in [2.24, 2.45) is 0 Å². The van der Waals surface area contributed by atoms with Crippen LogP contribution in [0.5, 0.6) is 0 Å². The van der Waals surface area contributed by atoms with Crippen molar-refractivity contribution in [2.45, 2.75) is 20.3 Å². The number of hydrogen-bond acceptors (Lipinski definition) is 1. The molecule has 0 heterocycles. The molecule has 3 nitrogen and oxygen atoms in total. The van der Waals surface area contributed by atoms with Crippen LogP contribution >= 0.6 is 11.6 Å². The van der Waals surface area contributed by atoms with E-state index < -0.39 is 0 Å². The largest absolute Gasteiger partial charge is 0.338 e. The van der Waals surface area contributed by atoms with Crippen molar-refractivity contribution >= 4 is 23.3 Å². The summed E-state index contributed by atoms with van der Waals surface area (Å²) in [5, 5.41) is 6.18. The molecule has 0 fully saturated rings. The summed E-state index contributed by atoms with van der Waals surface area (Å²) in [6, 6.07) is 5.19. The van der Waals surface area contributed by atoms with Crippen LogP contribution in [-0.4, -0.2) is 12.6 Å². The molecule has 0 saturated heterocycles. The number of benzene rings is 1. The van der Waals surface area contributed by atoms with Gasteiger partial charge < -0.3 is 10.6 Å². The van der Waals surface area contributed by atoms with E-state index in [2.05, 4.69) is 10.6 Å². The first kappa shape index (κ1) is 11.9. The van der Waals surface area contributed by atoms with E-state index in [1.807, 2.05) is 19.9 Å². The van der Waals surface area contributed by atoms with Gasteiger partial charge in [0.05, 0.1) is 0 Å². The summed E-state index contributed by atoms with van der Waals surface area (Å²) < 4.78 is 0. The third-order valence-electron chi connectivity index (χ3n) is 1.97. The summed E-state index contributed by atoms with van der Waals surface area (Å²) in [7, 11) is 0. The molecule has 1 aromatic rings. The Labute approximate surface area is 94.8 Å². The summed E-state index contributed by atoms with van der Waals surface area (Å²) in [6.07, 6.45) is 0.924. The van der Waals surface area contributed by atoms with Gasteiger partial charge in [-0.15, -0.1) is 0 Å². The number of anilines is 1. The van der Waals surface area contributed by atoms with Crippen molar-refractivity contribution in [3.05, 3.63) is 28.8 Å². The van der Waals surface area contributed by atoms with Crippen LogP contribution in [0, 0.1) is 6.92 Å². The predicted molar refractivity (Wildman–Crippen MR) is 63.5 cm³/mol. The standard InChI is InChI=1S/C11H15ClN2O/c1-3-6-13-11(15)14-10-5-4-9(12)7-8(10)2/h4-5,7H,3,6H2,1-2H3,(H2,13,14,15). The number of halogens is 1. The SMILES string of the molecule is CCCNC(=O)Nc1ccc(Cl)cc1C. The number of aryl methyl sites for hydroxylation is 1. The third-order valence-corrected chi connectivity index (χ3v) is 2.21. The summed E-state index contributed by atoms with van der Waals surface area (Å²) in [4.78, 5) is 11.4. The molecule has 1 rings (SSSR count). The van der Waals surface area contributed by atoms with Gasteiger partial charge in [-0.3, -0.25) is 0 Å². The highest BCUT2D eigenvalue weighted by atomic mass is 35.5. The molecule has 82 valence electrons. The van der Waals surface area contributed by atoms with E-state index in [0.717, 1.165) is 17.7 Å². The van der Waals surface area contributed by atoms with Gasteiger partial charge in [-0.2, -0.15) is 0 Å². The Bertz CT molecular complexity index is 352. The monoisotopic (exact) mass is 226 g/mol. The minimum Gasteiger partial charge on any atom is -0.338 e. The van der Waals surface area contributed by atoms with Crippen LogP contribution in [0.3, 0.4) is 0 Å². The van der Waals surface area contributed by atoms with Crippen molar-refractivity contribution in [3.8, 4) is 0 Å². The molecule has 0 aliphatic rings. The van der Waals surface area contributed by atoms with Crippen LogP contribution < -0.4 is 10.6 Å². The van der Waals surface area contributed by atoms with Gasteiger partial charge in [0.2, 0.25) is 0 Å². The maximum Gasteiger partial charge on any atom is 0.319 e. The lowest BCUT2D eigenvalue weighted by atomic mass is 10.2. The fourth-order valence-electron chi connectivity index (χ4n) is 1.17. The first-order valence-electron chi connectivity index (χ1n) is 4.94. The Morgan fingerprint density at radius 3 is 2.80 bits per heavy atom. The van der Waals surface area contributed by atoms with E-state index in [0.29, 0.717) is 11.6 Å². The Morgan fingerprint density at radius 2 is 2.20 bits per heavy atom. The second kappa shape index (κ2) is 5.61. The molecule has 15 heavy (non-hydrogen) atoms. The van der Waals surface area contributed by atoms with Crippen molar-refractivity contribution < 1.29 is 4.79 Å². The fourth-order valence-corrected chi connectivity index (χ4v) is 1.40. The second-order valence-corrected chi connectivity index (χ2v) is 3.78. The van der Waals surface area contributed by atoms with Crippen LogP contribution in [0.4, 0.5) is 10.5 Å². The lowest BCUT2D eigenvalue weighted by Gasteiger charge is -2.09. The quantitative estimate of drug-likeness (QED) is 0.817. The van der Waals surface area contributed by atoms with E-state index in [1.165, 1.54) is 0 Å². The summed E-state index contributed by atoms with van der Waals surface area (Å²) >= 11 is 5.81. The molecule has 0 spiro atoms. The van der Waals surface area contributed by atoms with E-state index >= 15 is 0 Å². The van der Waals surface area contributed by atoms with Gasteiger partial charge in [-0.05, 0) is 37.1 Å². The molecule has 0 saturated carbocycles. The van der Waals surface area contributed by atoms with E-state index in [9.17, 15) is 4.79 Å². The molecule has 0 radical (unpaired) electrons. The maximum absolute atomic E-state index is 11.4. The number of rotatable bonds is 3. The molecule has 1 aromatic carbocycles. The number of urea groups is 1. The highest BCUT2D eigenvalue weighted by Crippen LogP contribution is 2.19. The van der Waals surface area contributed by atoms with E-state index in [-0.39, 0.29) is 6.03 Å². The topological polar surface area (TPSA) is 41.1 Å². The third kappa shape index (κ3) is 3.80. The maximum atomic E-state index is 11.4. The van der Waals surface area contributed by atoms with E-state index in [4.69, 9.17) is 11.6 Å². The predicted octanol–water partition coefficient (Wildman–Crippen LogP) is 3.18. The molecule has 2 N–H and O–H groups in total. The van der Waals surface area contributed by atoms with Crippen molar-refractivity contribution in [3.63, 3.8) is 0 Å². The average Bonchev–Trinajstić information content (AvgIpc) is 2.19. The highest BCUT2D eigenvalue weighted by Gasteiger charge is 2.03. The smallest absolute Gasteiger partial charge is 0.319 e. The van der Waals surface area contributed by atoms with Gasteiger partial charge in [-0.25, -0.2) is 4.79 Å². The molecule has 0 atom stereocenters. The molecule has 0 aliphatic heterocycles. The Hall–Kier alpha value is -1.22. The van der Waals surface area contributed by atoms with Gasteiger partial charge in [0, 0.05) is 17.3 Å². The Kier molecular flexibility index (Phi) is 4.43. The Balaban J connectivity index is 2.60. The number of hydrogen-bond donors (Lipinski definition) is 2. The van der Waals surface area contributed by atoms with Crippen molar-refractivity contribution in [1.29, 1.82) is 0 Å².